The molecule has 0 aromatic heterocycles. The first-order chi connectivity index (χ1) is 13.5. The molecule has 4 saturated carbocycles. The summed E-state index contributed by atoms with van der Waals surface area (Å²) >= 11 is 0. The predicted octanol–water partition coefficient (Wildman–Crippen LogP) is 4.25. The van der Waals surface area contributed by atoms with Gasteiger partial charge in [-0.1, -0.05) is 29.8 Å². The first-order valence-corrected chi connectivity index (χ1v) is 11.1. The second-order valence-electron chi connectivity index (χ2n) is 9.95. The third-order valence-electron chi connectivity index (χ3n) is 7.74. The minimum atomic E-state index is -0.384. The van der Waals surface area contributed by atoms with Crippen LogP contribution in [0.25, 0.3) is 0 Å². The maximum atomic E-state index is 13.7. The maximum Gasteiger partial charge on any atom is 0.329 e. The average Bonchev–Trinajstić information content (AvgIpc) is 3.14. The Bertz CT molecular complexity index is 751. The molecule has 1 heterocycles. The van der Waals surface area contributed by atoms with Crippen molar-refractivity contribution in [3.8, 4) is 0 Å². The third-order valence-corrected chi connectivity index (χ3v) is 7.74. The zero-order valence-corrected chi connectivity index (χ0v) is 16.9. The number of likely N-dealkylation sites (tertiary alicyclic amines) is 1. The highest BCUT2D eigenvalue weighted by Crippen LogP contribution is 2.60. The van der Waals surface area contributed by atoms with Gasteiger partial charge in [0.15, 0.2) is 0 Å². The molecule has 1 aromatic rings. The molecule has 4 nitrogen and oxygen atoms in total. The molecule has 1 aromatic carbocycles. The molecule has 1 atom stereocenters. The summed E-state index contributed by atoms with van der Waals surface area (Å²) in [6, 6.07) is 7.66. The van der Waals surface area contributed by atoms with Crippen LogP contribution in [0.2, 0.25) is 0 Å². The Morgan fingerprint density at radius 3 is 2.43 bits per heavy atom. The van der Waals surface area contributed by atoms with Gasteiger partial charge in [0.1, 0.15) is 12.6 Å². The second kappa shape index (κ2) is 6.89. The van der Waals surface area contributed by atoms with Gasteiger partial charge >= 0.3 is 5.97 Å². The molecule has 1 saturated heterocycles. The lowest BCUT2D eigenvalue weighted by atomic mass is 9.49. The number of ether oxygens (including phenoxy) is 1. The van der Waals surface area contributed by atoms with E-state index in [9.17, 15) is 9.59 Å². The molecule has 0 spiro atoms. The Hall–Kier alpha value is -1.84. The maximum absolute atomic E-state index is 13.7. The van der Waals surface area contributed by atoms with Crippen LogP contribution in [0, 0.1) is 30.1 Å². The van der Waals surface area contributed by atoms with Crippen molar-refractivity contribution in [3.05, 3.63) is 35.4 Å². The minimum Gasteiger partial charge on any atom is -0.459 e. The second-order valence-corrected chi connectivity index (χ2v) is 9.95. The van der Waals surface area contributed by atoms with Crippen molar-refractivity contribution in [3.63, 3.8) is 0 Å². The fourth-order valence-corrected chi connectivity index (χ4v) is 6.98. The van der Waals surface area contributed by atoms with Gasteiger partial charge in [-0.3, -0.25) is 4.79 Å². The third kappa shape index (κ3) is 3.15. The van der Waals surface area contributed by atoms with Crippen molar-refractivity contribution >= 4 is 11.9 Å². The van der Waals surface area contributed by atoms with E-state index in [0.29, 0.717) is 6.54 Å². The lowest BCUT2D eigenvalue weighted by Gasteiger charge is -2.56. The van der Waals surface area contributed by atoms with Crippen LogP contribution < -0.4 is 0 Å². The van der Waals surface area contributed by atoms with Crippen molar-refractivity contribution < 1.29 is 14.3 Å². The van der Waals surface area contributed by atoms with Gasteiger partial charge in [-0.15, -0.1) is 0 Å². The summed E-state index contributed by atoms with van der Waals surface area (Å²) in [7, 11) is 0. The highest BCUT2D eigenvalue weighted by Gasteiger charge is 2.56. The van der Waals surface area contributed by atoms with E-state index in [-0.39, 0.29) is 29.9 Å². The van der Waals surface area contributed by atoms with Gasteiger partial charge < -0.3 is 9.64 Å². The van der Waals surface area contributed by atoms with Crippen LogP contribution in [-0.4, -0.2) is 29.4 Å². The number of esters is 1. The van der Waals surface area contributed by atoms with Crippen molar-refractivity contribution in [2.45, 2.75) is 70.9 Å². The predicted molar refractivity (Wildman–Crippen MR) is 106 cm³/mol. The Morgan fingerprint density at radius 1 is 1.11 bits per heavy atom. The lowest BCUT2D eigenvalue weighted by Crippen LogP contribution is -2.56. The molecule has 0 radical (unpaired) electrons. The van der Waals surface area contributed by atoms with Crippen LogP contribution in [0.1, 0.15) is 62.5 Å². The number of carbonyl (C=O) groups excluding carboxylic acids is 2. The number of hydrogen-bond acceptors (Lipinski definition) is 3. The van der Waals surface area contributed by atoms with Crippen LogP contribution in [0.15, 0.2) is 24.3 Å². The number of nitrogens with zero attached hydrogens (tertiary/aromatic N) is 1. The summed E-state index contributed by atoms with van der Waals surface area (Å²) in [6.45, 7) is 3.04. The van der Waals surface area contributed by atoms with Gasteiger partial charge in [-0.05, 0) is 81.6 Å². The number of amides is 1. The summed E-state index contributed by atoms with van der Waals surface area (Å²) in [5.41, 5.74) is 1.99. The molecule has 4 aliphatic carbocycles. The zero-order chi connectivity index (χ0) is 19.3. The van der Waals surface area contributed by atoms with Crippen LogP contribution in [0.3, 0.4) is 0 Å². The van der Waals surface area contributed by atoms with E-state index in [4.69, 9.17) is 4.74 Å². The molecule has 0 N–H and O–H groups in total. The number of carbonyl (C=O) groups is 2. The van der Waals surface area contributed by atoms with Gasteiger partial charge in [0.2, 0.25) is 5.91 Å². The molecule has 1 aliphatic heterocycles. The van der Waals surface area contributed by atoms with E-state index < -0.39 is 0 Å². The van der Waals surface area contributed by atoms with Crippen LogP contribution >= 0.6 is 0 Å². The molecule has 150 valence electrons. The normalized spacial score (nSPS) is 36.0. The topological polar surface area (TPSA) is 46.6 Å². The fourth-order valence-electron chi connectivity index (χ4n) is 6.98. The number of benzene rings is 1. The van der Waals surface area contributed by atoms with Crippen molar-refractivity contribution in [1.82, 2.24) is 4.90 Å². The van der Waals surface area contributed by atoms with E-state index in [1.54, 1.807) is 0 Å². The molecular formula is C24H31NO3. The smallest absolute Gasteiger partial charge is 0.329 e. The Balaban J connectivity index is 1.27. The summed E-state index contributed by atoms with van der Waals surface area (Å²) in [4.78, 5) is 28.4. The summed E-state index contributed by atoms with van der Waals surface area (Å²) in [6.07, 6.45) is 8.79. The number of aryl methyl sites for hydroxylation is 1. The van der Waals surface area contributed by atoms with E-state index in [0.717, 1.165) is 61.0 Å². The van der Waals surface area contributed by atoms with E-state index in [1.807, 2.05) is 36.1 Å². The van der Waals surface area contributed by atoms with Crippen LogP contribution in [-0.2, 0) is 20.9 Å². The van der Waals surface area contributed by atoms with Gasteiger partial charge in [-0.2, -0.15) is 0 Å². The minimum absolute atomic E-state index is 0.172. The number of hydrogen-bond donors (Lipinski definition) is 0. The molecule has 5 aliphatic rings. The molecule has 6 rings (SSSR count). The first kappa shape index (κ1) is 18.2. The molecular weight excluding hydrogens is 350 g/mol. The molecule has 0 unspecified atom stereocenters. The molecule has 5 fully saturated rings. The first-order valence-electron chi connectivity index (χ1n) is 11.1. The highest BCUT2D eigenvalue weighted by atomic mass is 16.5. The zero-order valence-electron chi connectivity index (χ0n) is 16.9. The SMILES string of the molecule is Cc1cccc(COC(=O)[C@H]2CCCN2C(=O)C23CC4CC(CC(C4)C2)C3)c1. The van der Waals surface area contributed by atoms with E-state index in [2.05, 4.69) is 0 Å². The Labute approximate surface area is 167 Å². The Morgan fingerprint density at radius 2 is 1.79 bits per heavy atom. The van der Waals surface area contributed by atoms with E-state index >= 15 is 0 Å². The molecule has 4 heteroatoms. The monoisotopic (exact) mass is 381 g/mol. The number of rotatable bonds is 4. The standard InChI is InChI=1S/C24H31NO3/c1-16-4-2-5-17(8-16)15-28-22(26)21-6-3-7-25(21)23(27)24-12-18-9-19(13-24)11-20(10-18)14-24/h2,4-5,8,18-21H,3,6-7,9-15H2,1H3/t18?,19?,20?,21-,24?/m1/s1. The fraction of sp³-hybridized carbons (Fsp3) is 0.667. The summed E-state index contributed by atoms with van der Waals surface area (Å²) in [5.74, 6) is 2.26. The summed E-state index contributed by atoms with van der Waals surface area (Å²) in [5, 5.41) is 0. The quantitative estimate of drug-likeness (QED) is 0.733. The Kier molecular flexibility index (Phi) is 4.48. The molecule has 1 amide bonds. The summed E-state index contributed by atoms with van der Waals surface area (Å²) < 4.78 is 5.63. The largest absolute Gasteiger partial charge is 0.459 e. The molecule has 4 bridgehead atoms. The van der Waals surface area contributed by atoms with Crippen LogP contribution in [0.5, 0.6) is 0 Å². The van der Waals surface area contributed by atoms with E-state index in [1.165, 1.54) is 19.3 Å². The lowest BCUT2D eigenvalue weighted by molar-refractivity contribution is -0.166. The van der Waals surface area contributed by atoms with Gasteiger partial charge in [0.05, 0.1) is 5.41 Å². The average molecular weight is 382 g/mol. The molecule has 28 heavy (non-hydrogen) atoms. The van der Waals surface area contributed by atoms with Crippen molar-refractivity contribution in [1.29, 1.82) is 0 Å². The van der Waals surface area contributed by atoms with Gasteiger partial charge in [-0.25, -0.2) is 4.79 Å². The van der Waals surface area contributed by atoms with Crippen molar-refractivity contribution in [2.24, 2.45) is 23.2 Å². The van der Waals surface area contributed by atoms with Crippen LogP contribution in [0.4, 0.5) is 0 Å². The highest BCUT2D eigenvalue weighted by molar-refractivity contribution is 5.89. The van der Waals surface area contributed by atoms with Gasteiger partial charge in [0.25, 0.3) is 0 Å². The van der Waals surface area contributed by atoms with Crippen molar-refractivity contribution in [2.75, 3.05) is 6.54 Å². The van der Waals surface area contributed by atoms with Gasteiger partial charge in [0, 0.05) is 6.54 Å².